The minimum absolute atomic E-state index is 0.0872. The number of piperidine rings is 1. The van der Waals surface area contributed by atoms with E-state index in [-0.39, 0.29) is 35.4 Å². The van der Waals surface area contributed by atoms with E-state index >= 15 is 0 Å². The third kappa shape index (κ3) is 5.17. The molecule has 1 aliphatic rings. The zero-order valence-electron chi connectivity index (χ0n) is 17.5. The van der Waals surface area contributed by atoms with Crippen LogP contribution in [0.3, 0.4) is 0 Å². The number of nitro benzene ring substituents is 1. The van der Waals surface area contributed by atoms with Gasteiger partial charge < -0.3 is 15.5 Å². The average Bonchev–Trinajstić information content (AvgIpc) is 2.78. The number of nitrogens with zero attached hydrogens (tertiary/aromatic N) is 2. The molecule has 1 saturated heterocycles. The minimum atomic E-state index is -0.535. The first kappa shape index (κ1) is 22.2. The molecule has 2 amide bonds. The Morgan fingerprint density at radius 2 is 1.90 bits per heavy atom. The summed E-state index contributed by atoms with van der Waals surface area (Å²) in [6, 6.07) is 9.12. The van der Waals surface area contributed by atoms with Crippen molar-refractivity contribution in [2.75, 3.05) is 25.0 Å². The Labute approximate surface area is 179 Å². The number of nitrogens with one attached hydrogen (secondary N) is 2. The smallest absolute Gasteiger partial charge is 0.270 e. The van der Waals surface area contributed by atoms with Crippen molar-refractivity contribution in [2.45, 2.75) is 26.3 Å². The van der Waals surface area contributed by atoms with Crippen molar-refractivity contribution in [3.8, 4) is 0 Å². The Morgan fingerprint density at radius 3 is 2.52 bits per heavy atom. The van der Waals surface area contributed by atoms with Crippen molar-refractivity contribution in [3.05, 3.63) is 69.0 Å². The van der Waals surface area contributed by atoms with Gasteiger partial charge in [-0.15, -0.1) is 0 Å². The number of hydrogen-bond acceptors (Lipinski definition) is 5. The summed E-state index contributed by atoms with van der Waals surface area (Å²) in [7, 11) is 1.47. The molecule has 2 N–H and O–H groups in total. The van der Waals surface area contributed by atoms with Gasteiger partial charge in [0.1, 0.15) is 5.82 Å². The summed E-state index contributed by atoms with van der Waals surface area (Å²) in [5, 5.41) is 16.4. The van der Waals surface area contributed by atoms with E-state index < -0.39 is 10.8 Å². The molecule has 0 aliphatic carbocycles. The van der Waals surface area contributed by atoms with Crippen LogP contribution in [0, 0.1) is 28.8 Å². The fourth-order valence-electron chi connectivity index (χ4n) is 3.69. The first-order chi connectivity index (χ1) is 14.8. The van der Waals surface area contributed by atoms with Crippen LogP contribution < -0.4 is 15.5 Å². The number of anilines is 1. The Hall–Kier alpha value is -3.49. The maximum absolute atomic E-state index is 13.7. The molecule has 0 unspecified atom stereocenters. The third-order valence-corrected chi connectivity index (χ3v) is 5.57. The van der Waals surface area contributed by atoms with E-state index in [2.05, 4.69) is 10.6 Å². The summed E-state index contributed by atoms with van der Waals surface area (Å²) in [5.74, 6) is -0.970. The van der Waals surface area contributed by atoms with Crippen LogP contribution in [0.4, 0.5) is 15.8 Å². The normalized spacial score (nSPS) is 14.2. The number of hydrogen-bond donors (Lipinski definition) is 2. The van der Waals surface area contributed by atoms with Gasteiger partial charge in [0, 0.05) is 44.7 Å². The SMILES string of the molecule is CNC(=O)c1cc([N+](=O)[O-])ccc1N1CCC(C(=O)NCc2ccc(C)c(F)c2)CC1. The molecule has 0 saturated carbocycles. The van der Waals surface area contributed by atoms with Crippen molar-refractivity contribution in [1.82, 2.24) is 10.6 Å². The van der Waals surface area contributed by atoms with E-state index in [1.165, 1.54) is 25.2 Å². The Morgan fingerprint density at radius 1 is 1.19 bits per heavy atom. The summed E-state index contributed by atoms with van der Waals surface area (Å²) >= 11 is 0. The lowest BCUT2D eigenvalue weighted by atomic mass is 9.94. The predicted octanol–water partition coefficient (Wildman–Crippen LogP) is 2.93. The van der Waals surface area contributed by atoms with Crippen LogP contribution in [0.2, 0.25) is 0 Å². The lowest BCUT2D eigenvalue weighted by Crippen LogP contribution is -2.41. The molecule has 3 rings (SSSR count). The van der Waals surface area contributed by atoms with Gasteiger partial charge in [-0.1, -0.05) is 12.1 Å². The molecule has 9 heteroatoms. The highest BCUT2D eigenvalue weighted by Gasteiger charge is 2.27. The maximum atomic E-state index is 13.7. The third-order valence-electron chi connectivity index (χ3n) is 5.57. The number of carbonyl (C=O) groups excluding carboxylic acids is 2. The van der Waals surface area contributed by atoms with E-state index in [9.17, 15) is 24.1 Å². The molecule has 0 bridgehead atoms. The second kappa shape index (κ2) is 9.55. The zero-order valence-corrected chi connectivity index (χ0v) is 17.5. The molecule has 1 heterocycles. The molecule has 1 fully saturated rings. The largest absolute Gasteiger partial charge is 0.371 e. The lowest BCUT2D eigenvalue weighted by Gasteiger charge is -2.34. The number of aryl methyl sites for hydroxylation is 1. The monoisotopic (exact) mass is 428 g/mol. The summed E-state index contributed by atoms with van der Waals surface area (Å²) in [4.78, 5) is 37.3. The highest BCUT2D eigenvalue weighted by Crippen LogP contribution is 2.29. The topological polar surface area (TPSA) is 105 Å². The van der Waals surface area contributed by atoms with E-state index in [4.69, 9.17) is 0 Å². The van der Waals surface area contributed by atoms with Crippen LogP contribution in [0.15, 0.2) is 36.4 Å². The maximum Gasteiger partial charge on any atom is 0.270 e. The standard InChI is InChI=1S/C22H25FN4O4/c1-14-3-4-15(11-19(14)23)13-25-21(28)16-7-9-26(10-8-16)20-6-5-17(27(30)31)12-18(20)22(29)24-2/h3-6,11-12,16H,7-10,13H2,1-2H3,(H,24,29)(H,25,28). The molecule has 164 valence electrons. The first-order valence-electron chi connectivity index (χ1n) is 10.1. The molecule has 1 aliphatic heterocycles. The van der Waals surface area contributed by atoms with Crippen molar-refractivity contribution >= 4 is 23.2 Å². The minimum Gasteiger partial charge on any atom is -0.371 e. The molecule has 0 atom stereocenters. The van der Waals surface area contributed by atoms with Gasteiger partial charge in [-0.3, -0.25) is 19.7 Å². The lowest BCUT2D eigenvalue weighted by molar-refractivity contribution is -0.384. The van der Waals surface area contributed by atoms with E-state index in [1.54, 1.807) is 25.1 Å². The number of carbonyl (C=O) groups is 2. The quantitative estimate of drug-likeness (QED) is 0.544. The average molecular weight is 428 g/mol. The molecule has 0 radical (unpaired) electrons. The van der Waals surface area contributed by atoms with Gasteiger partial charge in [0.15, 0.2) is 0 Å². The van der Waals surface area contributed by atoms with Gasteiger partial charge in [-0.05, 0) is 43.0 Å². The molecular formula is C22H25FN4O4. The molecule has 2 aromatic rings. The van der Waals surface area contributed by atoms with Gasteiger partial charge in [0.25, 0.3) is 11.6 Å². The van der Waals surface area contributed by atoms with Gasteiger partial charge >= 0.3 is 0 Å². The Balaban J connectivity index is 1.62. The summed E-state index contributed by atoms with van der Waals surface area (Å²) in [6.07, 6.45) is 1.16. The molecule has 0 aromatic heterocycles. The molecule has 2 aromatic carbocycles. The van der Waals surface area contributed by atoms with Gasteiger partial charge in [0.05, 0.1) is 16.2 Å². The van der Waals surface area contributed by atoms with Crippen LogP contribution in [-0.4, -0.2) is 36.9 Å². The second-order valence-corrected chi connectivity index (χ2v) is 7.60. The van der Waals surface area contributed by atoms with Crippen molar-refractivity contribution in [3.63, 3.8) is 0 Å². The summed E-state index contributed by atoms with van der Waals surface area (Å²) in [5.41, 5.74) is 1.96. The van der Waals surface area contributed by atoms with Crippen LogP contribution in [0.25, 0.3) is 0 Å². The van der Waals surface area contributed by atoms with Crippen LogP contribution in [-0.2, 0) is 11.3 Å². The van der Waals surface area contributed by atoms with E-state index in [1.807, 2.05) is 4.90 Å². The summed E-state index contributed by atoms with van der Waals surface area (Å²) < 4.78 is 13.7. The Kier molecular flexibility index (Phi) is 6.84. The van der Waals surface area contributed by atoms with Crippen LogP contribution >= 0.6 is 0 Å². The number of non-ortho nitro benzene ring substituents is 1. The molecule has 0 spiro atoms. The van der Waals surface area contributed by atoms with Crippen molar-refractivity contribution < 1.29 is 18.9 Å². The predicted molar refractivity (Wildman–Crippen MR) is 114 cm³/mol. The van der Waals surface area contributed by atoms with E-state index in [0.717, 1.165) is 0 Å². The number of benzene rings is 2. The van der Waals surface area contributed by atoms with Gasteiger partial charge in [-0.25, -0.2) is 4.39 Å². The van der Waals surface area contributed by atoms with Crippen LogP contribution in [0.1, 0.15) is 34.3 Å². The fraction of sp³-hybridized carbons (Fsp3) is 0.364. The van der Waals surface area contributed by atoms with Crippen LogP contribution in [0.5, 0.6) is 0 Å². The highest BCUT2D eigenvalue weighted by atomic mass is 19.1. The first-order valence-corrected chi connectivity index (χ1v) is 10.1. The molecular weight excluding hydrogens is 403 g/mol. The number of nitro groups is 1. The van der Waals surface area contributed by atoms with Gasteiger partial charge in [0.2, 0.25) is 5.91 Å². The molecule has 8 nitrogen and oxygen atoms in total. The number of rotatable bonds is 6. The van der Waals surface area contributed by atoms with Gasteiger partial charge in [-0.2, -0.15) is 0 Å². The Bertz CT molecular complexity index is 1000. The fourth-order valence-corrected chi connectivity index (χ4v) is 3.69. The van der Waals surface area contributed by atoms with Crippen molar-refractivity contribution in [1.29, 1.82) is 0 Å². The molecule has 31 heavy (non-hydrogen) atoms. The zero-order chi connectivity index (χ0) is 22.5. The number of amides is 2. The highest BCUT2D eigenvalue weighted by molar-refractivity contribution is 6.00. The summed E-state index contributed by atoms with van der Waals surface area (Å²) in [6.45, 7) is 3.03. The number of halogens is 1. The second-order valence-electron chi connectivity index (χ2n) is 7.60. The van der Waals surface area contributed by atoms with Crippen molar-refractivity contribution in [2.24, 2.45) is 5.92 Å². The van der Waals surface area contributed by atoms with E-state index in [0.29, 0.717) is 42.7 Å².